The number of rotatable bonds is 4. The van der Waals surface area contributed by atoms with Gasteiger partial charge in [-0.2, -0.15) is 0 Å². The van der Waals surface area contributed by atoms with Gasteiger partial charge in [-0.15, -0.1) is 0 Å². The number of ketones is 1. The molecule has 1 aromatic carbocycles. The van der Waals surface area contributed by atoms with Gasteiger partial charge in [-0.1, -0.05) is 41.9 Å². The van der Waals surface area contributed by atoms with Gasteiger partial charge in [0.05, 0.1) is 5.02 Å². The highest BCUT2D eigenvalue weighted by molar-refractivity contribution is 6.40. The van der Waals surface area contributed by atoms with E-state index >= 15 is 0 Å². The second-order valence-corrected chi connectivity index (χ2v) is 4.34. The zero-order valence-corrected chi connectivity index (χ0v) is 10.7. The molecule has 1 aromatic heterocycles. The van der Waals surface area contributed by atoms with Crippen LogP contribution in [0.2, 0.25) is 5.02 Å². The van der Waals surface area contributed by atoms with Gasteiger partial charge < -0.3 is 5.32 Å². The van der Waals surface area contributed by atoms with E-state index in [4.69, 9.17) is 11.6 Å². The molecule has 0 bridgehead atoms. The Kier molecular flexibility index (Phi) is 4.26. The predicted molar refractivity (Wildman–Crippen MR) is 73.0 cm³/mol. The number of hydrogen-bond acceptors (Lipinski definition) is 3. The van der Waals surface area contributed by atoms with Crippen molar-refractivity contribution in [2.45, 2.75) is 6.42 Å². The maximum absolute atomic E-state index is 11.7. The molecule has 0 saturated heterocycles. The first kappa shape index (κ1) is 13.2. The SMILES string of the molecule is O=C(Cc1ccccc1)C(=O)Nc1ccc(Cl)cn1. The summed E-state index contributed by atoms with van der Waals surface area (Å²) in [5.41, 5.74) is 0.798. The van der Waals surface area contributed by atoms with Crippen molar-refractivity contribution in [2.75, 3.05) is 5.32 Å². The maximum Gasteiger partial charge on any atom is 0.293 e. The van der Waals surface area contributed by atoms with Crippen LogP contribution in [0.4, 0.5) is 5.82 Å². The topological polar surface area (TPSA) is 59.1 Å². The number of Topliss-reactive ketones (excluding diaryl/α,β-unsaturated/α-hetero) is 1. The molecule has 0 atom stereocenters. The van der Waals surface area contributed by atoms with E-state index in [1.165, 1.54) is 12.3 Å². The van der Waals surface area contributed by atoms with Crippen LogP contribution in [0.5, 0.6) is 0 Å². The monoisotopic (exact) mass is 274 g/mol. The summed E-state index contributed by atoms with van der Waals surface area (Å²) in [5, 5.41) is 2.90. The van der Waals surface area contributed by atoms with E-state index in [1.807, 2.05) is 18.2 Å². The first-order valence-corrected chi connectivity index (χ1v) is 6.02. The second-order valence-electron chi connectivity index (χ2n) is 3.90. The highest BCUT2D eigenvalue weighted by Crippen LogP contribution is 2.09. The molecule has 1 heterocycles. The molecule has 5 heteroatoms. The van der Waals surface area contributed by atoms with Gasteiger partial charge in [0.1, 0.15) is 5.82 Å². The minimum Gasteiger partial charge on any atom is -0.304 e. The van der Waals surface area contributed by atoms with Gasteiger partial charge in [-0.3, -0.25) is 9.59 Å². The molecule has 0 radical (unpaired) electrons. The quantitative estimate of drug-likeness (QED) is 0.872. The molecule has 1 amide bonds. The lowest BCUT2D eigenvalue weighted by atomic mass is 10.1. The first-order valence-electron chi connectivity index (χ1n) is 5.65. The highest BCUT2D eigenvalue weighted by Gasteiger charge is 2.14. The summed E-state index contributed by atoms with van der Waals surface area (Å²) in [6.07, 6.45) is 1.47. The molecule has 0 aliphatic heterocycles. The number of nitrogens with one attached hydrogen (secondary N) is 1. The van der Waals surface area contributed by atoms with Crippen molar-refractivity contribution in [3.8, 4) is 0 Å². The summed E-state index contributed by atoms with van der Waals surface area (Å²) < 4.78 is 0. The number of hydrogen-bond donors (Lipinski definition) is 1. The number of amides is 1. The minimum absolute atomic E-state index is 0.0697. The minimum atomic E-state index is -0.682. The number of nitrogens with zero attached hydrogens (tertiary/aromatic N) is 1. The van der Waals surface area contributed by atoms with Crippen LogP contribution < -0.4 is 5.32 Å². The molecule has 0 fully saturated rings. The molecule has 96 valence electrons. The normalized spacial score (nSPS) is 9.95. The van der Waals surface area contributed by atoms with Crippen LogP contribution in [0.15, 0.2) is 48.7 Å². The van der Waals surface area contributed by atoms with Crippen molar-refractivity contribution < 1.29 is 9.59 Å². The fourth-order valence-corrected chi connectivity index (χ4v) is 1.61. The molecule has 2 aromatic rings. The van der Waals surface area contributed by atoms with E-state index < -0.39 is 11.7 Å². The van der Waals surface area contributed by atoms with Gasteiger partial charge in [0.25, 0.3) is 5.91 Å². The van der Waals surface area contributed by atoms with Crippen LogP contribution in [0.3, 0.4) is 0 Å². The van der Waals surface area contributed by atoms with Crippen LogP contribution in [0.25, 0.3) is 0 Å². The summed E-state index contributed by atoms with van der Waals surface area (Å²) in [6, 6.07) is 12.2. The van der Waals surface area contributed by atoms with Gasteiger partial charge in [-0.25, -0.2) is 4.98 Å². The lowest BCUT2D eigenvalue weighted by Crippen LogP contribution is -2.24. The average Bonchev–Trinajstić information content (AvgIpc) is 2.42. The summed E-state index contributed by atoms with van der Waals surface area (Å²) in [4.78, 5) is 27.3. The summed E-state index contributed by atoms with van der Waals surface area (Å²) in [6.45, 7) is 0. The Bertz CT molecular complexity index is 582. The number of pyridine rings is 1. The lowest BCUT2D eigenvalue weighted by Gasteiger charge is -2.03. The average molecular weight is 275 g/mol. The van der Waals surface area contributed by atoms with Crippen molar-refractivity contribution >= 4 is 29.1 Å². The van der Waals surface area contributed by atoms with E-state index in [0.29, 0.717) is 10.8 Å². The number of aromatic nitrogens is 1. The lowest BCUT2D eigenvalue weighted by molar-refractivity contribution is -0.134. The number of halogens is 1. The summed E-state index contributed by atoms with van der Waals surface area (Å²) in [5.74, 6) is -0.891. The van der Waals surface area contributed by atoms with Crippen molar-refractivity contribution in [1.82, 2.24) is 4.98 Å². The van der Waals surface area contributed by atoms with E-state index in [0.717, 1.165) is 5.56 Å². The Morgan fingerprint density at radius 3 is 2.47 bits per heavy atom. The van der Waals surface area contributed by atoms with Crippen molar-refractivity contribution in [1.29, 1.82) is 0 Å². The zero-order valence-electron chi connectivity index (χ0n) is 9.97. The fourth-order valence-electron chi connectivity index (χ4n) is 1.50. The second kappa shape index (κ2) is 6.11. The van der Waals surface area contributed by atoms with Gasteiger partial charge in [-0.05, 0) is 17.7 Å². The highest BCUT2D eigenvalue weighted by atomic mass is 35.5. The van der Waals surface area contributed by atoms with E-state index in [9.17, 15) is 9.59 Å². The molecule has 19 heavy (non-hydrogen) atoms. The van der Waals surface area contributed by atoms with E-state index in [1.54, 1.807) is 18.2 Å². The molecular formula is C14H11ClN2O2. The number of anilines is 1. The van der Waals surface area contributed by atoms with Gasteiger partial charge in [0.2, 0.25) is 5.78 Å². The summed E-state index contributed by atoms with van der Waals surface area (Å²) in [7, 11) is 0. The van der Waals surface area contributed by atoms with Crippen molar-refractivity contribution in [3.05, 3.63) is 59.2 Å². The van der Waals surface area contributed by atoms with Crippen LogP contribution in [-0.4, -0.2) is 16.7 Å². The molecule has 4 nitrogen and oxygen atoms in total. The van der Waals surface area contributed by atoms with Gasteiger partial charge in [0.15, 0.2) is 0 Å². The largest absolute Gasteiger partial charge is 0.304 e. The van der Waals surface area contributed by atoms with Crippen LogP contribution in [-0.2, 0) is 16.0 Å². The standard InChI is InChI=1S/C14H11ClN2O2/c15-11-6-7-13(16-9-11)17-14(19)12(18)8-10-4-2-1-3-5-10/h1-7,9H,8H2,(H,16,17,19). The van der Waals surface area contributed by atoms with E-state index in [-0.39, 0.29) is 6.42 Å². The molecule has 2 rings (SSSR count). The van der Waals surface area contributed by atoms with Crippen LogP contribution >= 0.6 is 11.6 Å². The molecular weight excluding hydrogens is 264 g/mol. The summed E-state index contributed by atoms with van der Waals surface area (Å²) >= 11 is 5.68. The molecule has 0 unspecified atom stereocenters. The third-order valence-corrected chi connectivity index (χ3v) is 2.65. The fraction of sp³-hybridized carbons (Fsp3) is 0.0714. The Morgan fingerprint density at radius 2 is 1.84 bits per heavy atom. The van der Waals surface area contributed by atoms with E-state index in [2.05, 4.69) is 10.3 Å². The third kappa shape index (κ3) is 3.89. The Morgan fingerprint density at radius 1 is 1.11 bits per heavy atom. The first-order chi connectivity index (χ1) is 9.15. The molecule has 0 aliphatic rings. The molecule has 0 saturated carbocycles. The molecule has 0 aliphatic carbocycles. The van der Waals surface area contributed by atoms with Gasteiger partial charge in [0, 0.05) is 12.6 Å². The Balaban J connectivity index is 1.96. The van der Waals surface area contributed by atoms with Crippen LogP contribution in [0, 0.1) is 0 Å². The Hall–Kier alpha value is -2.20. The van der Waals surface area contributed by atoms with Crippen molar-refractivity contribution in [2.24, 2.45) is 0 Å². The zero-order chi connectivity index (χ0) is 13.7. The van der Waals surface area contributed by atoms with Gasteiger partial charge >= 0.3 is 0 Å². The number of carbonyl (C=O) groups is 2. The Labute approximate surface area is 115 Å². The smallest absolute Gasteiger partial charge is 0.293 e. The molecule has 0 spiro atoms. The third-order valence-electron chi connectivity index (χ3n) is 2.43. The maximum atomic E-state index is 11.7. The number of carbonyl (C=O) groups excluding carboxylic acids is 2. The molecule has 1 N–H and O–H groups in total. The predicted octanol–water partition coefficient (Wildman–Crippen LogP) is 2.49. The number of benzene rings is 1. The van der Waals surface area contributed by atoms with Crippen molar-refractivity contribution in [3.63, 3.8) is 0 Å². The van der Waals surface area contributed by atoms with Crippen LogP contribution in [0.1, 0.15) is 5.56 Å².